The Kier molecular flexibility index (Phi) is 8.19. The van der Waals surface area contributed by atoms with E-state index in [-0.39, 0.29) is 29.8 Å². The van der Waals surface area contributed by atoms with Crippen LogP contribution >= 0.6 is 12.4 Å². The van der Waals surface area contributed by atoms with Crippen molar-refractivity contribution in [1.82, 2.24) is 10.6 Å². The van der Waals surface area contributed by atoms with Crippen molar-refractivity contribution in [3.8, 4) is 5.75 Å². The lowest BCUT2D eigenvalue weighted by Crippen LogP contribution is -2.51. The van der Waals surface area contributed by atoms with Crippen molar-refractivity contribution < 1.29 is 14.3 Å². The molecule has 2 fully saturated rings. The Bertz CT molecular complexity index is 553. The average Bonchev–Trinajstić information content (AvgIpc) is 2.68. The first kappa shape index (κ1) is 21.0. The summed E-state index contributed by atoms with van der Waals surface area (Å²) in [6.07, 6.45) is 5.09. The summed E-state index contributed by atoms with van der Waals surface area (Å²) in [5.74, 6) is 1.03. The van der Waals surface area contributed by atoms with Crippen LogP contribution < -0.4 is 15.4 Å². The molecule has 0 aliphatic carbocycles. The van der Waals surface area contributed by atoms with Gasteiger partial charge in [0.05, 0.1) is 12.6 Å². The van der Waals surface area contributed by atoms with Gasteiger partial charge in [-0.1, -0.05) is 18.6 Å². The minimum Gasteiger partial charge on any atom is -0.494 e. The van der Waals surface area contributed by atoms with E-state index in [1.165, 1.54) is 5.56 Å². The van der Waals surface area contributed by atoms with Crippen LogP contribution in [-0.4, -0.2) is 44.9 Å². The maximum Gasteiger partial charge on any atom is 0.237 e. The van der Waals surface area contributed by atoms with Gasteiger partial charge in [0.15, 0.2) is 0 Å². The summed E-state index contributed by atoms with van der Waals surface area (Å²) in [4.78, 5) is 12.5. The molecule has 26 heavy (non-hydrogen) atoms. The second-order valence-corrected chi connectivity index (χ2v) is 7.07. The Morgan fingerprint density at radius 3 is 2.62 bits per heavy atom. The number of hydrogen-bond donors (Lipinski definition) is 2. The summed E-state index contributed by atoms with van der Waals surface area (Å²) in [6.45, 7) is 5.75. The maximum absolute atomic E-state index is 12.5. The summed E-state index contributed by atoms with van der Waals surface area (Å²) >= 11 is 0. The molecule has 0 radical (unpaired) electrons. The molecule has 5 nitrogen and oxygen atoms in total. The molecule has 2 heterocycles. The lowest BCUT2D eigenvalue weighted by atomic mass is 9.74. The normalized spacial score (nSPS) is 22.1. The zero-order valence-corrected chi connectivity index (χ0v) is 16.4. The largest absolute Gasteiger partial charge is 0.494 e. The molecule has 1 amide bonds. The molecule has 146 valence electrons. The number of benzene rings is 1. The van der Waals surface area contributed by atoms with Gasteiger partial charge >= 0.3 is 0 Å². The fourth-order valence-corrected chi connectivity index (χ4v) is 3.86. The number of ether oxygens (including phenoxy) is 2. The molecule has 0 spiro atoms. The molecule has 0 saturated carbocycles. The first-order valence-corrected chi connectivity index (χ1v) is 9.56. The fourth-order valence-electron chi connectivity index (χ4n) is 3.86. The van der Waals surface area contributed by atoms with Crippen LogP contribution in [0.4, 0.5) is 0 Å². The zero-order valence-electron chi connectivity index (χ0n) is 15.6. The number of hydrogen-bond acceptors (Lipinski definition) is 4. The van der Waals surface area contributed by atoms with Crippen molar-refractivity contribution in [2.24, 2.45) is 0 Å². The summed E-state index contributed by atoms with van der Waals surface area (Å²) < 4.78 is 11.1. The molecule has 3 rings (SSSR count). The van der Waals surface area contributed by atoms with E-state index in [4.69, 9.17) is 9.47 Å². The molecule has 0 aromatic heterocycles. The molecule has 1 atom stereocenters. The van der Waals surface area contributed by atoms with E-state index >= 15 is 0 Å². The van der Waals surface area contributed by atoms with E-state index < -0.39 is 0 Å². The second kappa shape index (κ2) is 10.1. The van der Waals surface area contributed by atoms with E-state index in [0.717, 1.165) is 57.6 Å². The van der Waals surface area contributed by atoms with Gasteiger partial charge in [0.1, 0.15) is 5.75 Å². The van der Waals surface area contributed by atoms with Gasteiger partial charge in [0, 0.05) is 25.2 Å². The minimum absolute atomic E-state index is 0. The van der Waals surface area contributed by atoms with Gasteiger partial charge in [0.2, 0.25) is 5.91 Å². The van der Waals surface area contributed by atoms with Crippen molar-refractivity contribution in [2.45, 2.75) is 50.5 Å². The van der Waals surface area contributed by atoms with Crippen LogP contribution in [0.15, 0.2) is 24.3 Å². The van der Waals surface area contributed by atoms with Crippen molar-refractivity contribution >= 4 is 18.3 Å². The Morgan fingerprint density at radius 1 is 1.27 bits per heavy atom. The van der Waals surface area contributed by atoms with Crippen molar-refractivity contribution in [2.75, 3.05) is 32.9 Å². The molecular weight excluding hydrogens is 352 g/mol. The molecule has 6 heteroatoms. The Labute approximate surface area is 162 Å². The van der Waals surface area contributed by atoms with Crippen LogP contribution in [0.3, 0.4) is 0 Å². The highest BCUT2D eigenvalue weighted by Crippen LogP contribution is 2.35. The summed E-state index contributed by atoms with van der Waals surface area (Å²) in [7, 11) is 0. The average molecular weight is 383 g/mol. The van der Waals surface area contributed by atoms with Gasteiger partial charge in [-0.25, -0.2) is 0 Å². The Hall–Kier alpha value is -1.30. The number of rotatable bonds is 6. The van der Waals surface area contributed by atoms with E-state index in [1.807, 2.05) is 19.1 Å². The first-order chi connectivity index (χ1) is 12.2. The molecular formula is C20H31ClN2O3. The third-order valence-electron chi connectivity index (χ3n) is 5.46. The molecule has 2 aliphatic heterocycles. The van der Waals surface area contributed by atoms with E-state index in [1.54, 1.807) is 0 Å². The van der Waals surface area contributed by atoms with E-state index in [2.05, 4.69) is 22.8 Å². The first-order valence-electron chi connectivity index (χ1n) is 9.56. The van der Waals surface area contributed by atoms with Gasteiger partial charge in [0.25, 0.3) is 0 Å². The predicted octanol–water partition coefficient (Wildman–Crippen LogP) is 2.81. The number of carbonyl (C=O) groups excluding carboxylic acids is 1. The Balaban J connectivity index is 0.00000243. The molecule has 2 saturated heterocycles. The number of piperidine rings is 1. The van der Waals surface area contributed by atoms with Crippen LogP contribution in [0, 0.1) is 0 Å². The summed E-state index contributed by atoms with van der Waals surface area (Å²) in [5, 5.41) is 6.54. The van der Waals surface area contributed by atoms with Crippen LogP contribution in [0.25, 0.3) is 0 Å². The highest BCUT2D eigenvalue weighted by molar-refractivity contribution is 5.85. The fraction of sp³-hybridized carbons (Fsp3) is 0.650. The lowest BCUT2D eigenvalue weighted by Gasteiger charge is -2.38. The minimum atomic E-state index is -0.0483. The van der Waals surface area contributed by atoms with Crippen LogP contribution in [-0.2, 0) is 14.9 Å². The summed E-state index contributed by atoms with van der Waals surface area (Å²) in [5.41, 5.74) is 1.21. The topological polar surface area (TPSA) is 59.6 Å². The highest BCUT2D eigenvalue weighted by atomic mass is 35.5. The van der Waals surface area contributed by atoms with Gasteiger partial charge in [-0.05, 0) is 56.8 Å². The van der Waals surface area contributed by atoms with Crippen LogP contribution in [0.1, 0.15) is 44.6 Å². The van der Waals surface area contributed by atoms with Gasteiger partial charge in [-0.2, -0.15) is 0 Å². The Morgan fingerprint density at radius 2 is 2.00 bits per heavy atom. The van der Waals surface area contributed by atoms with Crippen molar-refractivity contribution in [3.63, 3.8) is 0 Å². The van der Waals surface area contributed by atoms with Crippen LogP contribution in [0.2, 0.25) is 0 Å². The number of halogens is 1. The zero-order chi connectivity index (χ0) is 17.5. The number of amides is 1. The third kappa shape index (κ3) is 5.12. The molecule has 1 aromatic rings. The highest BCUT2D eigenvalue weighted by Gasteiger charge is 2.35. The summed E-state index contributed by atoms with van der Waals surface area (Å²) in [6, 6.07) is 8.30. The lowest BCUT2D eigenvalue weighted by molar-refractivity contribution is -0.124. The van der Waals surface area contributed by atoms with Crippen molar-refractivity contribution in [1.29, 1.82) is 0 Å². The smallest absolute Gasteiger partial charge is 0.237 e. The number of carbonyl (C=O) groups is 1. The SMILES string of the molecule is CCOc1ccc(C2(CNC(=O)C3CCCCN3)CCOCC2)cc1.Cl. The predicted molar refractivity (Wildman–Crippen MR) is 105 cm³/mol. The third-order valence-corrected chi connectivity index (χ3v) is 5.46. The van der Waals surface area contributed by atoms with Gasteiger partial charge < -0.3 is 20.1 Å². The van der Waals surface area contributed by atoms with E-state index in [0.29, 0.717) is 13.2 Å². The second-order valence-electron chi connectivity index (χ2n) is 7.07. The standard InChI is InChI=1S/C20H30N2O3.ClH/c1-2-25-17-8-6-16(7-9-17)20(10-13-24-14-11-20)15-22-19(23)18-5-3-4-12-21-18;/h6-9,18,21H,2-5,10-15H2,1H3,(H,22,23);1H. The molecule has 2 aliphatic rings. The van der Waals surface area contributed by atoms with Gasteiger partial charge in [-0.3, -0.25) is 4.79 Å². The van der Waals surface area contributed by atoms with E-state index in [9.17, 15) is 4.79 Å². The molecule has 1 aromatic carbocycles. The van der Waals surface area contributed by atoms with Gasteiger partial charge in [-0.15, -0.1) is 12.4 Å². The van der Waals surface area contributed by atoms with Crippen molar-refractivity contribution in [3.05, 3.63) is 29.8 Å². The maximum atomic E-state index is 12.5. The molecule has 0 bridgehead atoms. The molecule has 1 unspecified atom stereocenters. The molecule has 2 N–H and O–H groups in total. The quantitative estimate of drug-likeness (QED) is 0.794. The number of nitrogens with one attached hydrogen (secondary N) is 2. The monoisotopic (exact) mass is 382 g/mol. The van der Waals surface area contributed by atoms with Crippen LogP contribution in [0.5, 0.6) is 5.75 Å².